The maximum atomic E-state index is 12.7. The maximum Gasteiger partial charge on any atom is 0.360 e. The molecule has 1 fully saturated rings. The predicted molar refractivity (Wildman–Crippen MR) is 126 cm³/mol. The van der Waals surface area contributed by atoms with Gasteiger partial charge in [-0.3, -0.25) is 0 Å². The smallest absolute Gasteiger partial charge is 0.360 e. The van der Waals surface area contributed by atoms with Crippen LogP contribution in [-0.2, 0) is 15.2 Å². The van der Waals surface area contributed by atoms with Gasteiger partial charge in [-0.1, -0.05) is 37.1 Å². The zero-order valence-corrected chi connectivity index (χ0v) is 20.0. The molecule has 0 amide bonds. The van der Waals surface area contributed by atoms with Gasteiger partial charge in [0, 0.05) is 0 Å². The molecule has 10 heteroatoms. The summed E-state index contributed by atoms with van der Waals surface area (Å²) >= 11 is 0. The van der Waals surface area contributed by atoms with Crippen LogP contribution in [0.1, 0.15) is 47.7 Å². The molecule has 4 rings (SSSR count). The summed E-state index contributed by atoms with van der Waals surface area (Å²) in [6.45, 7) is 0. The van der Waals surface area contributed by atoms with Crippen LogP contribution in [0.3, 0.4) is 0 Å². The Balaban J connectivity index is 2.15. The van der Waals surface area contributed by atoms with Crippen LogP contribution in [-0.4, -0.2) is 45.5 Å². The third kappa shape index (κ3) is 4.28. The van der Waals surface area contributed by atoms with Crippen molar-refractivity contribution in [2.24, 2.45) is 4.36 Å². The summed E-state index contributed by atoms with van der Waals surface area (Å²) in [6.07, 6.45) is 4.34. The van der Waals surface area contributed by atoms with Crippen LogP contribution in [0.5, 0.6) is 11.5 Å². The van der Waals surface area contributed by atoms with Gasteiger partial charge in [0.15, 0.2) is 5.69 Å². The fourth-order valence-corrected chi connectivity index (χ4v) is 4.87. The number of ether oxygens (including phenoxy) is 3. The Hall–Kier alpha value is -3.66. The molecule has 9 nitrogen and oxygen atoms in total. The minimum atomic E-state index is -2.86. The molecule has 0 radical (unpaired) electrons. The molecule has 2 aromatic carbocycles. The third-order valence-electron chi connectivity index (χ3n) is 6.03. The molecule has 3 aromatic rings. The van der Waals surface area contributed by atoms with Crippen molar-refractivity contribution in [2.75, 3.05) is 21.3 Å². The van der Waals surface area contributed by atoms with E-state index >= 15 is 0 Å². The molecule has 0 aliphatic heterocycles. The molecule has 1 aliphatic carbocycles. The first-order chi connectivity index (χ1) is 16.5. The number of carbonyl (C=O) groups is 1. The van der Waals surface area contributed by atoms with Crippen molar-refractivity contribution < 1.29 is 27.4 Å². The number of methoxy groups -OCH3 is 3. The molecule has 0 saturated heterocycles. The Kier molecular flexibility index (Phi) is 6.97. The van der Waals surface area contributed by atoms with E-state index in [1.807, 2.05) is 24.3 Å². The highest BCUT2D eigenvalue weighted by Gasteiger charge is 2.31. The molecule has 1 aromatic heterocycles. The SMILES string of the molecule is COC(=O)c1nn(-c2ccccc2C2CCCC2)c(-c2c(OC)cccc2OC)c1N=S(=O)=O. The summed E-state index contributed by atoms with van der Waals surface area (Å²) < 4.78 is 44.8. The highest BCUT2D eigenvalue weighted by Crippen LogP contribution is 2.46. The van der Waals surface area contributed by atoms with Gasteiger partial charge in [-0.2, -0.15) is 13.5 Å². The lowest BCUT2D eigenvalue weighted by atomic mass is 9.95. The Morgan fingerprint density at radius 3 is 2.24 bits per heavy atom. The summed E-state index contributed by atoms with van der Waals surface area (Å²) in [6, 6.07) is 12.9. The molecule has 0 N–H and O–H groups in total. The van der Waals surface area contributed by atoms with Crippen LogP contribution in [0.15, 0.2) is 46.8 Å². The number of benzene rings is 2. The van der Waals surface area contributed by atoms with Crippen LogP contribution in [0.25, 0.3) is 16.9 Å². The number of hydrogen-bond acceptors (Lipinski definition) is 8. The first kappa shape index (κ1) is 23.5. The second-order valence-electron chi connectivity index (χ2n) is 7.84. The van der Waals surface area contributed by atoms with Crippen LogP contribution >= 0.6 is 0 Å². The van der Waals surface area contributed by atoms with Crippen molar-refractivity contribution in [1.29, 1.82) is 0 Å². The lowest BCUT2D eigenvalue weighted by Gasteiger charge is -2.19. The van der Waals surface area contributed by atoms with Gasteiger partial charge in [0.05, 0.1) is 32.6 Å². The summed E-state index contributed by atoms with van der Waals surface area (Å²) in [5.41, 5.74) is 2.08. The molecule has 0 spiro atoms. The van der Waals surface area contributed by atoms with Crippen LogP contribution in [0.4, 0.5) is 5.69 Å². The third-order valence-corrected chi connectivity index (χ3v) is 6.36. The molecule has 0 bridgehead atoms. The molecular formula is C24H25N3O6S. The van der Waals surface area contributed by atoms with Gasteiger partial charge in [-0.25, -0.2) is 9.48 Å². The minimum Gasteiger partial charge on any atom is -0.496 e. The average Bonchev–Trinajstić information content (AvgIpc) is 3.51. The lowest BCUT2D eigenvalue weighted by molar-refractivity contribution is 0.0594. The number of esters is 1. The molecule has 1 saturated carbocycles. The van der Waals surface area contributed by atoms with Gasteiger partial charge in [0.1, 0.15) is 22.9 Å². The van der Waals surface area contributed by atoms with Crippen molar-refractivity contribution in [3.63, 3.8) is 0 Å². The number of rotatable bonds is 7. The second kappa shape index (κ2) is 10.1. The molecule has 34 heavy (non-hydrogen) atoms. The Morgan fingerprint density at radius 2 is 1.65 bits per heavy atom. The average molecular weight is 484 g/mol. The van der Waals surface area contributed by atoms with Crippen LogP contribution in [0.2, 0.25) is 0 Å². The normalized spacial score (nSPS) is 13.5. The molecule has 1 heterocycles. The van der Waals surface area contributed by atoms with Crippen LogP contribution in [0, 0.1) is 0 Å². The van der Waals surface area contributed by atoms with E-state index < -0.39 is 16.5 Å². The zero-order valence-electron chi connectivity index (χ0n) is 19.1. The quantitative estimate of drug-likeness (QED) is 0.448. The maximum absolute atomic E-state index is 12.7. The van der Waals surface area contributed by atoms with E-state index in [0.29, 0.717) is 23.0 Å². The van der Waals surface area contributed by atoms with Crippen molar-refractivity contribution in [3.05, 3.63) is 53.7 Å². The van der Waals surface area contributed by atoms with E-state index in [1.54, 1.807) is 22.9 Å². The van der Waals surface area contributed by atoms with E-state index in [0.717, 1.165) is 36.9 Å². The first-order valence-electron chi connectivity index (χ1n) is 10.8. The number of nitrogens with zero attached hydrogens (tertiary/aromatic N) is 3. The van der Waals surface area contributed by atoms with E-state index in [2.05, 4.69) is 9.46 Å². The van der Waals surface area contributed by atoms with Gasteiger partial charge < -0.3 is 14.2 Å². The van der Waals surface area contributed by atoms with Gasteiger partial charge >= 0.3 is 16.5 Å². The highest BCUT2D eigenvalue weighted by atomic mass is 32.2. The Morgan fingerprint density at radius 1 is 1.00 bits per heavy atom. The molecule has 0 atom stereocenters. The summed E-state index contributed by atoms with van der Waals surface area (Å²) in [5, 5.41) is 4.53. The summed E-state index contributed by atoms with van der Waals surface area (Å²) in [5.74, 6) is 0.326. The van der Waals surface area contributed by atoms with Gasteiger partial charge in [0.2, 0.25) is 0 Å². The van der Waals surface area contributed by atoms with Gasteiger partial charge in [-0.15, -0.1) is 4.36 Å². The first-order valence-corrected chi connectivity index (χ1v) is 11.9. The van der Waals surface area contributed by atoms with Gasteiger partial charge in [0.25, 0.3) is 0 Å². The fraction of sp³-hybridized carbons (Fsp3) is 0.333. The summed E-state index contributed by atoms with van der Waals surface area (Å²) in [7, 11) is 1.33. The Labute approximate surface area is 199 Å². The molecule has 1 aliphatic rings. The van der Waals surface area contributed by atoms with E-state index in [4.69, 9.17) is 14.2 Å². The molecule has 178 valence electrons. The zero-order chi connectivity index (χ0) is 24.2. The van der Waals surface area contributed by atoms with Gasteiger partial charge in [-0.05, 0) is 42.5 Å². The largest absolute Gasteiger partial charge is 0.496 e. The topological polar surface area (TPSA) is 109 Å². The highest BCUT2D eigenvalue weighted by molar-refractivity contribution is 7.61. The van der Waals surface area contributed by atoms with Crippen molar-refractivity contribution in [3.8, 4) is 28.4 Å². The van der Waals surface area contributed by atoms with Crippen LogP contribution < -0.4 is 9.47 Å². The number of para-hydroxylation sites is 1. The van der Waals surface area contributed by atoms with Crippen molar-refractivity contribution in [1.82, 2.24) is 9.78 Å². The standard InChI is InChI=1S/C24H25N3O6S/c1-31-18-13-8-14-19(32-2)20(18)23-21(26-34(29)30)22(24(28)33-3)25-27(23)17-12-7-6-11-16(17)15-9-4-5-10-15/h6-8,11-15H,4-5,9-10H2,1-3H3. The number of hydrogen-bond donors (Lipinski definition) is 0. The molecular weight excluding hydrogens is 458 g/mol. The second-order valence-corrected chi connectivity index (χ2v) is 8.45. The lowest BCUT2D eigenvalue weighted by Crippen LogP contribution is -2.08. The number of carbonyl (C=O) groups excluding carboxylic acids is 1. The van der Waals surface area contributed by atoms with E-state index in [-0.39, 0.29) is 17.1 Å². The van der Waals surface area contributed by atoms with E-state index in [1.165, 1.54) is 21.3 Å². The fourth-order valence-electron chi connectivity index (χ4n) is 4.55. The van der Waals surface area contributed by atoms with E-state index in [9.17, 15) is 13.2 Å². The number of aromatic nitrogens is 2. The minimum absolute atomic E-state index is 0.149. The predicted octanol–water partition coefficient (Wildman–Crippen LogP) is 4.69. The summed E-state index contributed by atoms with van der Waals surface area (Å²) in [4.78, 5) is 12.7. The molecule has 0 unspecified atom stereocenters. The van der Waals surface area contributed by atoms with Crippen molar-refractivity contribution in [2.45, 2.75) is 31.6 Å². The Bertz CT molecular complexity index is 1330. The monoisotopic (exact) mass is 483 g/mol. The van der Waals surface area contributed by atoms with Crippen molar-refractivity contribution >= 4 is 22.2 Å².